The molecule has 0 spiro atoms. The number of nitrogens with one attached hydrogen (secondary N) is 2. The topological polar surface area (TPSA) is 56.7 Å². The summed E-state index contributed by atoms with van der Waals surface area (Å²) < 4.78 is 0. The van der Waals surface area contributed by atoms with Gasteiger partial charge in [0.2, 0.25) is 0 Å². The van der Waals surface area contributed by atoms with E-state index in [1.807, 2.05) is 54.8 Å². The Balaban J connectivity index is 1.82. The zero-order chi connectivity index (χ0) is 18.1. The van der Waals surface area contributed by atoms with Gasteiger partial charge < -0.3 is 15.5 Å². The van der Waals surface area contributed by atoms with Gasteiger partial charge in [0.25, 0.3) is 5.91 Å². The highest BCUT2D eigenvalue weighted by molar-refractivity contribution is 8.00. The van der Waals surface area contributed by atoms with Gasteiger partial charge >= 0.3 is 0 Å². The van der Waals surface area contributed by atoms with E-state index in [4.69, 9.17) is 0 Å². The van der Waals surface area contributed by atoms with Gasteiger partial charge in [-0.1, -0.05) is 12.1 Å². The summed E-state index contributed by atoms with van der Waals surface area (Å²) in [6, 6.07) is 7.82. The van der Waals surface area contributed by atoms with E-state index in [9.17, 15) is 4.79 Å². The third-order valence-electron chi connectivity index (χ3n) is 4.46. The normalized spacial score (nSPS) is 17.4. The van der Waals surface area contributed by atoms with Crippen LogP contribution in [0.4, 0.5) is 0 Å². The fraction of sp³-hybridized carbons (Fsp3) is 0.579. The molecule has 1 amide bonds. The van der Waals surface area contributed by atoms with Crippen LogP contribution in [0.2, 0.25) is 0 Å². The van der Waals surface area contributed by atoms with E-state index in [0.717, 1.165) is 36.7 Å². The van der Waals surface area contributed by atoms with Crippen molar-refractivity contribution in [2.45, 2.75) is 38.5 Å². The number of thioether (sulfide) groups is 1. The largest absolute Gasteiger partial charge is 0.355 e. The summed E-state index contributed by atoms with van der Waals surface area (Å²) in [4.78, 5) is 18.4. The highest BCUT2D eigenvalue weighted by atomic mass is 32.2. The quantitative estimate of drug-likeness (QED) is 0.578. The summed E-state index contributed by atoms with van der Waals surface area (Å²) in [5.41, 5.74) is 1.88. The van der Waals surface area contributed by atoms with Crippen molar-refractivity contribution in [1.82, 2.24) is 15.5 Å². The van der Waals surface area contributed by atoms with E-state index in [1.54, 1.807) is 7.05 Å². The van der Waals surface area contributed by atoms with Gasteiger partial charge in [-0.3, -0.25) is 9.79 Å². The van der Waals surface area contributed by atoms with Crippen molar-refractivity contribution in [3.8, 4) is 0 Å². The number of guanidine groups is 1. The Kier molecular flexibility index (Phi) is 8.12. The molecule has 1 unspecified atom stereocenters. The number of benzene rings is 1. The lowest BCUT2D eigenvalue weighted by atomic mass is 10.1. The maximum absolute atomic E-state index is 12.3. The van der Waals surface area contributed by atoms with Gasteiger partial charge in [0.1, 0.15) is 0 Å². The summed E-state index contributed by atoms with van der Waals surface area (Å²) in [6.45, 7) is 7.13. The molecule has 138 valence electrons. The van der Waals surface area contributed by atoms with Crippen molar-refractivity contribution in [1.29, 1.82) is 0 Å². The van der Waals surface area contributed by atoms with Crippen LogP contribution in [0, 0.1) is 0 Å². The third-order valence-corrected chi connectivity index (χ3v) is 5.85. The van der Waals surface area contributed by atoms with E-state index in [2.05, 4.69) is 15.6 Å². The highest BCUT2D eigenvalue weighted by Gasteiger charge is 2.15. The molecule has 5 nitrogen and oxygen atoms in total. The fourth-order valence-electron chi connectivity index (χ4n) is 2.88. The number of carbonyl (C=O) groups excluding carboxylic acids is 1. The summed E-state index contributed by atoms with van der Waals surface area (Å²) in [6.07, 6.45) is 2.61. The Labute approximate surface area is 155 Å². The standard InChI is InChI=1S/C19H30N4OS/c1-4-23(5-2)18(24)16-10-8-15(9-11-16)13-21-19(20-3)22-14-17-7-6-12-25-17/h8-11,17H,4-7,12-14H2,1-3H3,(H2,20,21,22). The predicted molar refractivity (Wildman–Crippen MR) is 107 cm³/mol. The summed E-state index contributed by atoms with van der Waals surface area (Å²) >= 11 is 2.04. The van der Waals surface area contributed by atoms with E-state index in [0.29, 0.717) is 11.8 Å². The van der Waals surface area contributed by atoms with Gasteiger partial charge in [0, 0.05) is 44.0 Å². The number of hydrogen-bond acceptors (Lipinski definition) is 3. The average Bonchev–Trinajstić information content (AvgIpc) is 3.17. The van der Waals surface area contributed by atoms with Crippen LogP contribution >= 0.6 is 11.8 Å². The van der Waals surface area contributed by atoms with Crippen LogP contribution < -0.4 is 10.6 Å². The molecule has 1 aromatic rings. The van der Waals surface area contributed by atoms with Crippen molar-refractivity contribution in [2.75, 3.05) is 32.4 Å². The molecule has 1 aliphatic heterocycles. The molecule has 1 atom stereocenters. The molecule has 0 radical (unpaired) electrons. The van der Waals surface area contributed by atoms with Crippen molar-refractivity contribution in [2.24, 2.45) is 4.99 Å². The molecular weight excluding hydrogens is 332 g/mol. The zero-order valence-electron chi connectivity index (χ0n) is 15.5. The number of aliphatic imine (C=N–C) groups is 1. The van der Waals surface area contributed by atoms with Gasteiger partial charge in [-0.25, -0.2) is 0 Å². The first kappa shape index (κ1) is 19.6. The van der Waals surface area contributed by atoms with E-state index < -0.39 is 0 Å². The Hall–Kier alpha value is -1.69. The molecule has 25 heavy (non-hydrogen) atoms. The zero-order valence-corrected chi connectivity index (χ0v) is 16.4. The van der Waals surface area contributed by atoms with Gasteiger partial charge in [-0.15, -0.1) is 0 Å². The molecule has 2 rings (SSSR count). The molecule has 1 aromatic carbocycles. The number of carbonyl (C=O) groups is 1. The molecular formula is C19H30N4OS. The van der Waals surface area contributed by atoms with Crippen LogP contribution in [0.3, 0.4) is 0 Å². The van der Waals surface area contributed by atoms with Gasteiger partial charge in [-0.05, 0) is 50.1 Å². The second-order valence-corrected chi connectivity index (χ2v) is 7.52. The lowest BCUT2D eigenvalue weighted by Crippen LogP contribution is -2.39. The van der Waals surface area contributed by atoms with Crippen LogP contribution in [0.5, 0.6) is 0 Å². The van der Waals surface area contributed by atoms with Crippen LogP contribution in [0.1, 0.15) is 42.6 Å². The number of hydrogen-bond donors (Lipinski definition) is 2. The number of nitrogens with zero attached hydrogens (tertiary/aromatic N) is 2. The number of amides is 1. The SMILES string of the molecule is CCN(CC)C(=O)c1ccc(CNC(=NC)NCC2CCCS2)cc1. The molecule has 2 N–H and O–H groups in total. The average molecular weight is 363 g/mol. The Bertz CT molecular complexity index is 563. The van der Waals surface area contributed by atoms with Crippen molar-refractivity contribution in [3.63, 3.8) is 0 Å². The van der Waals surface area contributed by atoms with Crippen LogP contribution in [0.25, 0.3) is 0 Å². The first-order chi connectivity index (χ1) is 12.2. The lowest BCUT2D eigenvalue weighted by molar-refractivity contribution is 0.0773. The molecule has 1 heterocycles. The first-order valence-electron chi connectivity index (χ1n) is 9.12. The molecule has 0 bridgehead atoms. The van der Waals surface area contributed by atoms with E-state index in [1.165, 1.54) is 18.6 Å². The minimum atomic E-state index is 0.0936. The Morgan fingerprint density at radius 1 is 1.24 bits per heavy atom. The van der Waals surface area contributed by atoms with Crippen LogP contribution in [0.15, 0.2) is 29.3 Å². The van der Waals surface area contributed by atoms with Crippen LogP contribution in [-0.4, -0.2) is 54.5 Å². The first-order valence-corrected chi connectivity index (χ1v) is 10.2. The second-order valence-electron chi connectivity index (χ2n) is 6.12. The fourth-order valence-corrected chi connectivity index (χ4v) is 4.08. The minimum Gasteiger partial charge on any atom is -0.355 e. The molecule has 1 fully saturated rings. The van der Waals surface area contributed by atoms with Crippen molar-refractivity contribution >= 4 is 23.6 Å². The minimum absolute atomic E-state index is 0.0936. The summed E-state index contributed by atoms with van der Waals surface area (Å²) in [5.74, 6) is 2.20. The predicted octanol–water partition coefficient (Wildman–Crippen LogP) is 2.73. The third kappa shape index (κ3) is 5.96. The molecule has 6 heteroatoms. The Morgan fingerprint density at radius 3 is 2.52 bits per heavy atom. The lowest BCUT2D eigenvalue weighted by Gasteiger charge is -2.18. The maximum Gasteiger partial charge on any atom is 0.253 e. The van der Waals surface area contributed by atoms with Gasteiger partial charge in [0.15, 0.2) is 5.96 Å². The van der Waals surface area contributed by atoms with E-state index >= 15 is 0 Å². The molecule has 1 saturated heterocycles. The molecule has 0 aromatic heterocycles. The summed E-state index contributed by atoms with van der Waals surface area (Å²) in [7, 11) is 1.79. The number of rotatable bonds is 7. The van der Waals surface area contributed by atoms with Crippen molar-refractivity contribution < 1.29 is 4.79 Å². The highest BCUT2D eigenvalue weighted by Crippen LogP contribution is 2.25. The van der Waals surface area contributed by atoms with Gasteiger partial charge in [-0.2, -0.15) is 11.8 Å². The Morgan fingerprint density at radius 2 is 1.96 bits per heavy atom. The van der Waals surface area contributed by atoms with Crippen molar-refractivity contribution in [3.05, 3.63) is 35.4 Å². The van der Waals surface area contributed by atoms with Crippen LogP contribution in [-0.2, 0) is 6.54 Å². The summed E-state index contributed by atoms with van der Waals surface area (Å²) in [5, 5.41) is 7.43. The van der Waals surface area contributed by atoms with E-state index in [-0.39, 0.29) is 5.91 Å². The monoisotopic (exact) mass is 362 g/mol. The maximum atomic E-state index is 12.3. The smallest absolute Gasteiger partial charge is 0.253 e. The second kappa shape index (κ2) is 10.3. The van der Waals surface area contributed by atoms with Gasteiger partial charge in [0.05, 0.1) is 0 Å². The molecule has 0 aliphatic carbocycles. The molecule has 0 saturated carbocycles. The molecule has 1 aliphatic rings.